The van der Waals surface area contributed by atoms with E-state index in [2.05, 4.69) is 22.1 Å². The first kappa shape index (κ1) is 12.9. The van der Waals surface area contributed by atoms with Gasteiger partial charge in [-0.25, -0.2) is 0 Å². The lowest BCUT2D eigenvalue weighted by Gasteiger charge is -2.16. The Balaban J connectivity index is 1.93. The first-order chi connectivity index (χ1) is 8.68. The van der Waals surface area contributed by atoms with E-state index < -0.39 is 0 Å². The molecule has 0 saturated carbocycles. The minimum absolute atomic E-state index is 0.0789. The van der Waals surface area contributed by atoms with Crippen LogP contribution in [-0.4, -0.2) is 16.8 Å². The summed E-state index contributed by atoms with van der Waals surface area (Å²) in [6.45, 7) is 2.74. The monoisotopic (exact) mass is 263 g/mol. The Morgan fingerprint density at radius 1 is 1.22 bits per heavy atom. The van der Waals surface area contributed by atoms with Crippen molar-refractivity contribution in [2.75, 3.05) is 6.54 Å². The maximum Gasteiger partial charge on any atom is 0.124 e. The summed E-state index contributed by atoms with van der Waals surface area (Å²) in [5.74, 6) is 0.260. The summed E-state index contributed by atoms with van der Waals surface area (Å²) in [4.78, 5) is 0. The second-order valence-corrected chi connectivity index (χ2v) is 5.05. The third-order valence-electron chi connectivity index (χ3n) is 2.94. The van der Waals surface area contributed by atoms with Crippen LogP contribution in [0.15, 0.2) is 35.0 Å². The number of aromatic hydroxyl groups is 2. The Labute approximate surface area is 111 Å². The molecule has 3 nitrogen and oxygen atoms in total. The van der Waals surface area contributed by atoms with Gasteiger partial charge in [0.25, 0.3) is 0 Å². The summed E-state index contributed by atoms with van der Waals surface area (Å²) in [5.41, 5.74) is 1.86. The van der Waals surface area contributed by atoms with E-state index in [-0.39, 0.29) is 17.5 Å². The number of phenolic OH excluding ortho intramolecular Hbond substituents is 2. The Bertz CT molecular complexity index is 476. The summed E-state index contributed by atoms with van der Waals surface area (Å²) in [6.07, 6.45) is 0.947. The molecule has 0 spiro atoms. The number of phenols is 2. The van der Waals surface area contributed by atoms with E-state index in [1.807, 2.05) is 6.92 Å². The summed E-state index contributed by atoms with van der Waals surface area (Å²) in [7, 11) is 0. The van der Waals surface area contributed by atoms with Crippen molar-refractivity contribution in [3.63, 3.8) is 0 Å². The number of thiophene rings is 1. The van der Waals surface area contributed by atoms with Crippen LogP contribution in [0.2, 0.25) is 0 Å². The predicted molar refractivity (Wildman–Crippen MR) is 74.2 cm³/mol. The molecule has 96 valence electrons. The first-order valence-electron chi connectivity index (χ1n) is 5.94. The highest BCUT2D eigenvalue weighted by Gasteiger charge is 2.13. The van der Waals surface area contributed by atoms with Gasteiger partial charge in [-0.3, -0.25) is 0 Å². The van der Waals surface area contributed by atoms with Gasteiger partial charge in [0.05, 0.1) is 5.56 Å². The molecule has 0 bridgehead atoms. The molecular weight excluding hydrogens is 246 g/mol. The average molecular weight is 263 g/mol. The predicted octanol–water partition coefficient (Wildman–Crippen LogP) is 3.05. The van der Waals surface area contributed by atoms with Crippen molar-refractivity contribution in [3.05, 3.63) is 46.2 Å². The molecule has 1 heterocycles. The fourth-order valence-electron chi connectivity index (χ4n) is 1.95. The fraction of sp³-hybridized carbons (Fsp3) is 0.286. The molecule has 0 aliphatic rings. The molecule has 18 heavy (non-hydrogen) atoms. The van der Waals surface area contributed by atoms with E-state index in [1.54, 1.807) is 29.5 Å². The molecule has 1 aromatic carbocycles. The maximum atomic E-state index is 9.75. The zero-order valence-electron chi connectivity index (χ0n) is 10.3. The van der Waals surface area contributed by atoms with Crippen molar-refractivity contribution in [1.29, 1.82) is 0 Å². The molecule has 0 aliphatic carbocycles. The molecule has 2 rings (SSSR count). The van der Waals surface area contributed by atoms with Gasteiger partial charge in [-0.15, -0.1) is 0 Å². The van der Waals surface area contributed by atoms with Crippen molar-refractivity contribution < 1.29 is 10.2 Å². The molecule has 4 heteroatoms. The maximum absolute atomic E-state index is 9.75. The number of benzene rings is 1. The van der Waals surface area contributed by atoms with Crippen molar-refractivity contribution in [3.8, 4) is 11.5 Å². The molecule has 1 aromatic heterocycles. The lowest BCUT2D eigenvalue weighted by molar-refractivity contribution is 0.419. The zero-order valence-corrected chi connectivity index (χ0v) is 11.1. The number of hydrogen-bond donors (Lipinski definition) is 3. The third-order valence-corrected chi connectivity index (χ3v) is 3.67. The number of rotatable bonds is 5. The molecule has 3 N–H and O–H groups in total. The van der Waals surface area contributed by atoms with E-state index >= 15 is 0 Å². The van der Waals surface area contributed by atoms with Crippen molar-refractivity contribution >= 4 is 11.3 Å². The molecule has 0 amide bonds. The zero-order chi connectivity index (χ0) is 13.0. The van der Waals surface area contributed by atoms with Crippen LogP contribution < -0.4 is 5.32 Å². The highest BCUT2D eigenvalue weighted by Crippen LogP contribution is 2.31. The van der Waals surface area contributed by atoms with E-state index in [0.29, 0.717) is 5.56 Å². The van der Waals surface area contributed by atoms with Crippen LogP contribution in [-0.2, 0) is 6.42 Å². The summed E-state index contributed by atoms with van der Waals surface area (Å²) in [5, 5.41) is 27.0. The van der Waals surface area contributed by atoms with E-state index in [1.165, 1.54) is 5.56 Å². The Morgan fingerprint density at radius 2 is 1.94 bits per heavy atom. The second-order valence-electron chi connectivity index (χ2n) is 4.27. The molecule has 1 atom stereocenters. The van der Waals surface area contributed by atoms with Gasteiger partial charge in [0.15, 0.2) is 0 Å². The van der Waals surface area contributed by atoms with E-state index in [4.69, 9.17) is 0 Å². The standard InChI is InChI=1S/C14H17NO2S/c1-10(14-12(16)3-2-4-13(14)17)15-7-5-11-6-8-18-9-11/h2-4,6,8-10,15-17H,5,7H2,1H3. The van der Waals surface area contributed by atoms with Crippen molar-refractivity contribution in [2.45, 2.75) is 19.4 Å². The van der Waals surface area contributed by atoms with E-state index in [9.17, 15) is 10.2 Å². The van der Waals surface area contributed by atoms with Crippen LogP contribution in [0.3, 0.4) is 0 Å². The Kier molecular flexibility index (Phi) is 4.23. The SMILES string of the molecule is CC(NCCc1ccsc1)c1c(O)cccc1O. The number of nitrogens with one attached hydrogen (secondary N) is 1. The summed E-state index contributed by atoms with van der Waals surface area (Å²) >= 11 is 1.69. The average Bonchev–Trinajstić information content (AvgIpc) is 2.82. The first-order valence-corrected chi connectivity index (χ1v) is 6.88. The summed E-state index contributed by atoms with van der Waals surface area (Å²) < 4.78 is 0. The highest BCUT2D eigenvalue weighted by molar-refractivity contribution is 7.07. The quantitative estimate of drug-likeness (QED) is 0.777. The van der Waals surface area contributed by atoms with Gasteiger partial charge in [-0.2, -0.15) is 11.3 Å². The fourth-order valence-corrected chi connectivity index (χ4v) is 2.66. The van der Waals surface area contributed by atoms with Gasteiger partial charge < -0.3 is 15.5 Å². The normalized spacial score (nSPS) is 12.5. The molecular formula is C14H17NO2S. The second kappa shape index (κ2) is 5.89. The smallest absolute Gasteiger partial charge is 0.124 e. The van der Waals surface area contributed by atoms with Crippen molar-refractivity contribution in [1.82, 2.24) is 5.32 Å². The van der Waals surface area contributed by atoms with E-state index in [0.717, 1.165) is 13.0 Å². The van der Waals surface area contributed by atoms with Crippen LogP contribution in [0, 0.1) is 0 Å². The van der Waals surface area contributed by atoms with Crippen LogP contribution in [0.4, 0.5) is 0 Å². The van der Waals surface area contributed by atoms with Crippen LogP contribution in [0.5, 0.6) is 11.5 Å². The number of hydrogen-bond acceptors (Lipinski definition) is 4. The molecule has 0 fully saturated rings. The summed E-state index contributed by atoms with van der Waals surface area (Å²) in [6, 6.07) is 6.84. The molecule has 0 saturated heterocycles. The van der Waals surface area contributed by atoms with Crippen LogP contribution in [0.25, 0.3) is 0 Å². The minimum atomic E-state index is -0.0789. The molecule has 2 aromatic rings. The van der Waals surface area contributed by atoms with Gasteiger partial charge in [-0.05, 0) is 54.4 Å². The Morgan fingerprint density at radius 3 is 2.56 bits per heavy atom. The molecule has 0 aliphatic heterocycles. The molecule has 1 unspecified atom stereocenters. The van der Waals surface area contributed by atoms with Gasteiger partial charge in [-0.1, -0.05) is 6.07 Å². The van der Waals surface area contributed by atoms with Crippen LogP contribution >= 0.6 is 11.3 Å². The Hall–Kier alpha value is -1.52. The topological polar surface area (TPSA) is 52.5 Å². The van der Waals surface area contributed by atoms with Crippen LogP contribution in [0.1, 0.15) is 24.1 Å². The van der Waals surface area contributed by atoms with Gasteiger partial charge in [0, 0.05) is 6.04 Å². The van der Waals surface area contributed by atoms with Gasteiger partial charge in [0.2, 0.25) is 0 Å². The lowest BCUT2D eigenvalue weighted by Crippen LogP contribution is -2.21. The molecule has 0 radical (unpaired) electrons. The largest absolute Gasteiger partial charge is 0.507 e. The van der Waals surface area contributed by atoms with Gasteiger partial charge in [0.1, 0.15) is 11.5 Å². The van der Waals surface area contributed by atoms with Gasteiger partial charge >= 0.3 is 0 Å². The third kappa shape index (κ3) is 3.03. The minimum Gasteiger partial charge on any atom is -0.507 e. The highest BCUT2D eigenvalue weighted by atomic mass is 32.1. The van der Waals surface area contributed by atoms with Crippen molar-refractivity contribution in [2.24, 2.45) is 0 Å². The lowest BCUT2D eigenvalue weighted by atomic mass is 10.1.